The van der Waals surface area contributed by atoms with Gasteiger partial charge in [0.2, 0.25) is 0 Å². The summed E-state index contributed by atoms with van der Waals surface area (Å²) < 4.78 is 214. The van der Waals surface area contributed by atoms with Crippen molar-refractivity contribution in [1.82, 2.24) is 7.64 Å². The number of halogens is 10. The fourth-order valence-corrected chi connectivity index (χ4v) is 8.13. The molecule has 0 amide bonds. The summed E-state index contributed by atoms with van der Waals surface area (Å²) in [6.45, 7) is -1.98. The minimum Gasteiger partial charge on any atom is -0.203 e. The van der Waals surface area contributed by atoms with Gasteiger partial charge >= 0.3 is 61.6 Å². The van der Waals surface area contributed by atoms with Crippen LogP contribution in [0.25, 0.3) is 0 Å². The number of hydrogen-bond donors (Lipinski definition) is 0. The number of hydrazine groups is 1. The predicted octanol–water partition coefficient (Wildman–Crippen LogP) is 1.09. The second kappa shape index (κ2) is 7.28. The maximum atomic E-state index is 13.3. The SMILES string of the molecule is CC(F)(F)S(=O)(=O)N(N(S(=O)(=O)C(F)(F)F)S(=O)(=O)C(F)(F)F)S(=O)(=O)C(C)(F)F. The first kappa shape index (κ1) is 29.0. The normalized spacial score (nSPS) is 16.3. The van der Waals surface area contributed by atoms with Crippen LogP contribution >= 0.6 is 0 Å². The molecule has 0 rings (SSSR count). The summed E-state index contributed by atoms with van der Waals surface area (Å²) in [5, 5.41) is -11.8. The lowest BCUT2D eigenvalue weighted by molar-refractivity contribution is -0.0568. The molecule has 0 aromatic carbocycles. The van der Waals surface area contributed by atoms with Crippen LogP contribution in [0.15, 0.2) is 0 Å². The van der Waals surface area contributed by atoms with Gasteiger partial charge in [0, 0.05) is 21.5 Å². The molecule has 0 heterocycles. The van der Waals surface area contributed by atoms with Crippen molar-refractivity contribution in [3.05, 3.63) is 0 Å². The van der Waals surface area contributed by atoms with Crippen LogP contribution in [0.4, 0.5) is 43.9 Å². The molecule has 0 radical (unpaired) electrons. The summed E-state index contributed by atoms with van der Waals surface area (Å²) in [6.07, 6.45) is 0. The van der Waals surface area contributed by atoms with Crippen LogP contribution in [0.2, 0.25) is 0 Å². The zero-order valence-corrected chi connectivity index (χ0v) is 16.8. The molecule has 0 aromatic heterocycles. The third kappa shape index (κ3) is 4.61. The lowest BCUT2D eigenvalue weighted by Crippen LogP contribution is -2.64. The lowest BCUT2D eigenvalue weighted by Gasteiger charge is -2.33. The van der Waals surface area contributed by atoms with Gasteiger partial charge in [0.1, 0.15) is 0 Å². The van der Waals surface area contributed by atoms with Gasteiger partial charge in [-0.1, -0.05) is 0 Å². The van der Waals surface area contributed by atoms with E-state index in [1.165, 1.54) is 0 Å². The van der Waals surface area contributed by atoms with Gasteiger partial charge in [-0.15, -0.1) is 0 Å². The van der Waals surface area contributed by atoms with Crippen molar-refractivity contribution in [3.8, 4) is 0 Å². The predicted molar refractivity (Wildman–Crippen MR) is 72.7 cm³/mol. The van der Waals surface area contributed by atoms with E-state index in [4.69, 9.17) is 0 Å². The van der Waals surface area contributed by atoms with E-state index in [-0.39, 0.29) is 0 Å². The molecule has 0 fully saturated rings. The van der Waals surface area contributed by atoms with Gasteiger partial charge in [0.15, 0.2) is 0 Å². The highest BCUT2D eigenvalue weighted by molar-refractivity contribution is 8.09. The quantitative estimate of drug-likeness (QED) is 0.338. The minimum absolute atomic E-state index is 0.989. The topological polar surface area (TPSA) is 143 Å². The molecule has 24 heteroatoms. The summed E-state index contributed by atoms with van der Waals surface area (Å²) in [4.78, 5) is 0. The average Bonchev–Trinajstić information content (AvgIpc) is 2.38. The Balaban J connectivity index is 8.07. The van der Waals surface area contributed by atoms with Gasteiger partial charge in [-0.2, -0.15) is 43.9 Å². The van der Waals surface area contributed by atoms with E-state index < -0.39 is 83.1 Å². The van der Waals surface area contributed by atoms with Crippen molar-refractivity contribution in [3.63, 3.8) is 0 Å². The molecule has 182 valence electrons. The van der Waals surface area contributed by atoms with Crippen LogP contribution in [0.1, 0.15) is 13.8 Å². The monoisotopic (exact) mass is 552 g/mol. The van der Waals surface area contributed by atoms with Crippen molar-refractivity contribution >= 4 is 40.1 Å². The van der Waals surface area contributed by atoms with Crippen LogP contribution in [0, 0.1) is 0 Å². The van der Waals surface area contributed by atoms with Crippen LogP contribution < -0.4 is 0 Å². The fraction of sp³-hybridized carbons (Fsp3) is 1.00. The third-order valence-corrected chi connectivity index (χ3v) is 10.5. The summed E-state index contributed by atoms with van der Waals surface area (Å²) in [7, 11) is -32.6. The van der Waals surface area contributed by atoms with E-state index in [0.717, 1.165) is 0 Å². The molecule has 0 aromatic rings. The number of sulfonamides is 4. The Morgan fingerprint density at radius 2 is 0.600 bits per heavy atom. The van der Waals surface area contributed by atoms with E-state index in [0.29, 0.717) is 0 Å². The van der Waals surface area contributed by atoms with E-state index >= 15 is 0 Å². The van der Waals surface area contributed by atoms with E-state index in [9.17, 15) is 77.6 Å². The minimum atomic E-state index is -8.44. The number of nitrogens with zero attached hydrogens (tertiary/aromatic N) is 2. The van der Waals surface area contributed by atoms with Gasteiger partial charge in [0.05, 0.1) is 0 Å². The molecule has 0 N–H and O–H groups in total. The highest BCUT2D eigenvalue weighted by Gasteiger charge is 2.72. The highest BCUT2D eigenvalue weighted by Crippen LogP contribution is 2.43. The zero-order chi connectivity index (χ0) is 25.2. The zero-order valence-electron chi connectivity index (χ0n) is 13.6. The van der Waals surface area contributed by atoms with Gasteiger partial charge in [-0.25, -0.2) is 33.7 Å². The standard InChI is InChI=1S/C6H6F10N2O8S4/c1-3(7,8)27(19,20)17(28(21,22)4(2,9)10)18(29(23,24)5(11,12)13)30(25,26)6(14,15)16/h1-2H3. The van der Waals surface area contributed by atoms with Gasteiger partial charge in [0.25, 0.3) is 0 Å². The number of alkyl halides is 10. The van der Waals surface area contributed by atoms with Gasteiger partial charge < -0.3 is 0 Å². The summed E-state index contributed by atoms with van der Waals surface area (Å²) in [5.41, 5.74) is -14.7. The first-order valence-corrected chi connectivity index (χ1v) is 11.7. The van der Waals surface area contributed by atoms with Crippen molar-refractivity contribution < 1.29 is 77.6 Å². The smallest absolute Gasteiger partial charge is 0.203 e. The Bertz CT molecular complexity index is 913. The summed E-state index contributed by atoms with van der Waals surface area (Å²) >= 11 is 0. The average molecular weight is 552 g/mol. The Kier molecular flexibility index (Phi) is 7.04. The Labute approximate surface area is 161 Å². The molecule has 0 aliphatic rings. The molecule has 0 atom stereocenters. The number of hydrogen-bond acceptors (Lipinski definition) is 8. The van der Waals surface area contributed by atoms with Crippen molar-refractivity contribution in [2.24, 2.45) is 0 Å². The first-order valence-electron chi connectivity index (χ1n) is 5.97. The maximum Gasteiger partial charge on any atom is 0.514 e. The summed E-state index contributed by atoms with van der Waals surface area (Å²) in [6, 6.07) is 0. The molecule has 0 unspecified atom stereocenters. The molecule has 0 aliphatic carbocycles. The molecule has 0 bridgehead atoms. The second-order valence-corrected chi connectivity index (χ2v) is 12.9. The fourth-order valence-electron chi connectivity index (χ4n) is 1.06. The Morgan fingerprint density at radius 1 is 0.433 bits per heavy atom. The number of rotatable bonds is 7. The second-order valence-electron chi connectivity index (χ2n) is 4.88. The lowest BCUT2D eigenvalue weighted by atomic mass is 10.9. The molecule has 30 heavy (non-hydrogen) atoms. The van der Waals surface area contributed by atoms with Crippen LogP contribution in [-0.2, 0) is 40.1 Å². The first-order chi connectivity index (χ1) is 12.5. The summed E-state index contributed by atoms with van der Waals surface area (Å²) in [5.74, 6) is 0. The van der Waals surface area contributed by atoms with Gasteiger partial charge in [-0.05, 0) is 0 Å². The molecule has 0 spiro atoms. The van der Waals surface area contributed by atoms with Crippen LogP contribution in [0.3, 0.4) is 0 Å². The van der Waals surface area contributed by atoms with Crippen molar-refractivity contribution in [2.75, 3.05) is 0 Å². The molecule has 0 saturated heterocycles. The van der Waals surface area contributed by atoms with Crippen molar-refractivity contribution in [2.45, 2.75) is 35.4 Å². The molecule has 0 aliphatic heterocycles. The molecular formula is C6H6F10N2O8S4. The van der Waals surface area contributed by atoms with Crippen molar-refractivity contribution in [1.29, 1.82) is 0 Å². The Morgan fingerprint density at radius 3 is 0.733 bits per heavy atom. The molecule has 0 saturated carbocycles. The van der Waals surface area contributed by atoms with E-state index in [1.807, 2.05) is 0 Å². The van der Waals surface area contributed by atoms with Crippen LogP contribution in [0.5, 0.6) is 0 Å². The van der Waals surface area contributed by atoms with E-state index in [1.54, 1.807) is 0 Å². The molecule has 10 nitrogen and oxygen atoms in total. The Hall–Kier alpha value is -0.980. The highest BCUT2D eigenvalue weighted by atomic mass is 32.3. The maximum absolute atomic E-state index is 13.3. The third-order valence-electron chi connectivity index (χ3n) is 2.45. The molecular weight excluding hydrogens is 546 g/mol. The largest absolute Gasteiger partial charge is 0.514 e. The van der Waals surface area contributed by atoms with Crippen LogP contribution in [-0.4, -0.2) is 62.8 Å². The van der Waals surface area contributed by atoms with Gasteiger partial charge in [-0.3, -0.25) is 0 Å². The van der Waals surface area contributed by atoms with E-state index in [2.05, 4.69) is 0 Å².